The molecule has 0 saturated carbocycles. The zero-order chi connectivity index (χ0) is 19.8. The van der Waals surface area contributed by atoms with Crippen LogP contribution in [0, 0.1) is 0 Å². The Morgan fingerprint density at radius 2 is 2.21 bits per heavy atom. The highest BCUT2D eigenvalue weighted by atomic mass is 32.2. The summed E-state index contributed by atoms with van der Waals surface area (Å²) in [5, 5.41) is 17.1. The van der Waals surface area contributed by atoms with Gasteiger partial charge in [-0.25, -0.2) is 10.1 Å². The maximum Gasteiger partial charge on any atom is 0.264 e. The number of anilines is 2. The molecule has 0 saturated heterocycles. The molecular weight excluding hydrogens is 398 g/mol. The third-order valence-electron chi connectivity index (χ3n) is 3.36. The van der Waals surface area contributed by atoms with E-state index in [0.29, 0.717) is 23.2 Å². The van der Waals surface area contributed by atoms with Crippen molar-refractivity contribution < 1.29 is 9.53 Å². The van der Waals surface area contributed by atoms with Crippen LogP contribution in [-0.4, -0.2) is 39.4 Å². The highest BCUT2D eigenvalue weighted by Crippen LogP contribution is 2.24. The maximum atomic E-state index is 12.2. The second-order valence-corrected chi connectivity index (χ2v) is 7.25. The Bertz CT molecular complexity index is 941. The van der Waals surface area contributed by atoms with E-state index < -0.39 is 0 Å². The Kier molecular flexibility index (Phi) is 6.87. The zero-order valence-electron chi connectivity index (χ0n) is 15.0. The summed E-state index contributed by atoms with van der Waals surface area (Å²) in [6.45, 7) is 2.40. The van der Waals surface area contributed by atoms with Crippen molar-refractivity contribution in [2.75, 3.05) is 28.9 Å². The molecule has 146 valence electrons. The van der Waals surface area contributed by atoms with Crippen molar-refractivity contribution in [3.63, 3.8) is 0 Å². The minimum absolute atomic E-state index is 0.119. The Balaban J connectivity index is 1.53. The topological polar surface area (TPSA) is 119 Å². The van der Waals surface area contributed by atoms with Gasteiger partial charge in [-0.1, -0.05) is 30.0 Å². The van der Waals surface area contributed by atoms with Crippen molar-refractivity contribution in [1.29, 1.82) is 0 Å². The van der Waals surface area contributed by atoms with Crippen molar-refractivity contribution in [1.82, 2.24) is 14.9 Å². The largest absolute Gasteiger partial charge is 0.492 e. The molecule has 0 aliphatic rings. The number of nitrogens with zero attached hydrogens (tertiary/aromatic N) is 4. The number of hydrogen-bond acceptors (Lipinski definition) is 9. The van der Waals surface area contributed by atoms with E-state index in [0.717, 1.165) is 4.88 Å². The number of nitrogens with two attached hydrogens (primary N) is 1. The highest BCUT2D eigenvalue weighted by molar-refractivity contribution is 7.99. The standard InChI is InChI=1S/C17H19N7O2S2/c1-2-26-14-8-4-3-7-13(14)20-15(25)11-28-17-23-22-16(24(17)18)21-19-10-12-6-5-9-27-12/h3-10H,2,11,18H2,1H3,(H,20,25)(H,21,22)/b19-10+. The molecule has 3 rings (SSSR count). The predicted molar refractivity (Wildman–Crippen MR) is 113 cm³/mol. The van der Waals surface area contributed by atoms with Crippen LogP contribution < -0.4 is 21.3 Å². The van der Waals surface area contributed by atoms with Crippen LogP contribution in [0.5, 0.6) is 5.75 Å². The van der Waals surface area contributed by atoms with E-state index in [2.05, 4.69) is 26.0 Å². The summed E-state index contributed by atoms with van der Waals surface area (Å²) in [7, 11) is 0. The van der Waals surface area contributed by atoms with Gasteiger partial charge in [-0.15, -0.1) is 21.5 Å². The van der Waals surface area contributed by atoms with E-state index >= 15 is 0 Å². The van der Waals surface area contributed by atoms with E-state index in [1.807, 2.05) is 36.6 Å². The SMILES string of the molecule is CCOc1ccccc1NC(=O)CSc1nnc(N/N=C/c2cccs2)n1N. The van der Waals surface area contributed by atoms with Gasteiger partial charge in [-0.2, -0.15) is 5.10 Å². The summed E-state index contributed by atoms with van der Waals surface area (Å²) < 4.78 is 6.75. The summed E-state index contributed by atoms with van der Waals surface area (Å²) in [6, 6.07) is 11.1. The molecule has 3 aromatic rings. The van der Waals surface area contributed by atoms with Gasteiger partial charge in [0.2, 0.25) is 11.1 Å². The number of para-hydroxylation sites is 2. The van der Waals surface area contributed by atoms with Gasteiger partial charge < -0.3 is 15.9 Å². The van der Waals surface area contributed by atoms with Gasteiger partial charge in [0.15, 0.2) is 0 Å². The van der Waals surface area contributed by atoms with Crippen LogP contribution in [0.1, 0.15) is 11.8 Å². The summed E-state index contributed by atoms with van der Waals surface area (Å²) in [5.74, 6) is 6.77. The number of amides is 1. The van der Waals surface area contributed by atoms with Gasteiger partial charge in [0, 0.05) is 4.88 Å². The average Bonchev–Trinajstić information content (AvgIpc) is 3.33. The van der Waals surface area contributed by atoms with Crippen LogP contribution in [0.3, 0.4) is 0 Å². The minimum atomic E-state index is -0.203. The Labute approximate surface area is 170 Å². The molecule has 0 bridgehead atoms. The van der Waals surface area contributed by atoms with Crippen LogP contribution in [0.4, 0.5) is 11.6 Å². The highest BCUT2D eigenvalue weighted by Gasteiger charge is 2.13. The molecule has 1 amide bonds. The van der Waals surface area contributed by atoms with Gasteiger partial charge in [-0.05, 0) is 30.5 Å². The number of thiophene rings is 1. The van der Waals surface area contributed by atoms with Crippen molar-refractivity contribution in [2.24, 2.45) is 5.10 Å². The lowest BCUT2D eigenvalue weighted by molar-refractivity contribution is -0.113. The molecule has 28 heavy (non-hydrogen) atoms. The van der Waals surface area contributed by atoms with Crippen LogP contribution >= 0.6 is 23.1 Å². The molecule has 0 aliphatic heterocycles. The third-order valence-corrected chi connectivity index (χ3v) is 5.11. The van der Waals surface area contributed by atoms with Crippen LogP contribution in [0.25, 0.3) is 0 Å². The molecule has 0 atom stereocenters. The van der Waals surface area contributed by atoms with Crippen LogP contribution in [-0.2, 0) is 4.79 Å². The van der Waals surface area contributed by atoms with E-state index in [4.69, 9.17) is 10.6 Å². The van der Waals surface area contributed by atoms with Crippen molar-refractivity contribution in [3.05, 3.63) is 46.7 Å². The fraction of sp³-hybridized carbons (Fsp3) is 0.176. The molecular formula is C17H19N7O2S2. The second kappa shape index (κ2) is 9.76. The van der Waals surface area contributed by atoms with Crippen molar-refractivity contribution in [3.8, 4) is 5.75 Å². The van der Waals surface area contributed by atoms with Crippen molar-refractivity contribution >= 4 is 46.9 Å². The number of rotatable bonds is 9. The first-order valence-electron chi connectivity index (χ1n) is 8.35. The summed E-state index contributed by atoms with van der Waals surface area (Å²) >= 11 is 2.73. The van der Waals surface area contributed by atoms with E-state index in [1.165, 1.54) is 16.4 Å². The second-order valence-electron chi connectivity index (χ2n) is 5.33. The molecule has 0 fully saturated rings. The number of aromatic nitrogens is 3. The van der Waals surface area contributed by atoms with Gasteiger partial charge in [0.05, 0.1) is 24.3 Å². The monoisotopic (exact) mass is 417 g/mol. The molecule has 1 aromatic carbocycles. The Morgan fingerprint density at radius 3 is 3.00 bits per heavy atom. The quantitative estimate of drug-likeness (QED) is 0.212. The van der Waals surface area contributed by atoms with Gasteiger partial charge in [-0.3, -0.25) is 4.79 Å². The number of carbonyl (C=O) groups excluding carboxylic acids is 1. The molecule has 0 radical (unpaired) electrons. The Hall–Kier alpha value is -3.05. The zero-order valence-corrected chi connectivity index (χ0v) is 16.7. The molecule has 4 N–H and O–H groups in total. The lowest BCUT2D eigenvalue weighted by Crippen LogP contribution is -2.17. The Morgan fingerprint density at radius 1 is 1.36 bits per heavy atom. The number of nitrogens with one attached hydrogen (secondary N) is 2. The smallest absolute Gasteiger partial charge is 0.264 e. The number of hydrazone groups is 1. The summed E-state index contributed by atoms with van der Waals surface area (Å²) in [5.41, 5.74) is 3.35. The first-order valence-corrected chi connectivity index (χ1v) is 10.2. The minimum Gasteiger partial charge on any atom is -0.492 e. The normalized spacial score (nSPS) is 10.9. The molecule has 9 nitrogen and oxygen atoms in total. The van der Waals surface area contributed by atoms with E-state index in [1.54, 1.807) is 29.7 Å². The lowest BCUT2D eigenvalue weighted by Gasteiger charge is -2.10. The van der Waals surface area contributed by atoms with Gasteiger partial charge in [0.25, 0.3) is 5.95 Å². The summed E-state index contributed by atoms with van der Waals surface area (Å²) in [4.78, 5) is 13.2. The number of hydrogen-bond donors (Lipinski definition) is 3. The fourth-order valence-corrected chi connectivity index (χ4v) is 3.38. The first-order chi connectivity index (χ1) is 13.7. The fourth-order valence-electron chi connectivity index (χ4n) is 2.14. The van der Waals surface area contributed by atoms with Crippen LogP contribution in [0.2, 0.25) is 0 Å². The lowest BCUT2D eigenvalue weighted by atomic mass is 10.3. The average molecular weight is 418 g/mol. The molecule has 2 aromatic heterocycles. The maximum absolute atomic E-state index is 12.2. The molecule has 0 aliphatic carbocycles. The first kappa shape index (κ1) is 19.7. The third kappa shape index (κ3) is 5.24. The molecule has 0 spiro atoms. The number of nitrogen functional groups attached to an aromatic ring is 1. The molecule has 0 unspecified atom stereocenters. The number of carbonyl (C=O) groups is 1. The molecule has 11 heteroatoms. The number of thioether (sulfide) groups is 1. The van der Waals surface area contributed by atoms with E-state index in [-0.39, 0.29) is 17.6 Å². The van der Waals surface area contributed by atoms with Gasteiger partial charge >= 0.3 is 0 Å². The molecule has 2 heterocycles. The number of ether oxygens (including phenoxy) is 1. The number of benzene rings is 1. The predicted octanol–water partition coefficient (Wildman–Crippen LogP) is 2.63. The van der Waals surface area contributed by atoms with Gasteiger partial charge in [0.1, 0.15) is 5.75 Å². The van der Waals surface area contributed by atoms with E-state index in [9.17, 15) is 4.79 Å². The van der Waals surface area contributed by atoms with Crippen molar-refractivity contribution in [2.45, 2.75) is 12.1 Å². The summed E-state index contributed by atoms with van der Waals surface area (Å²) in [6.07, 6.45) is 1.66. The van der Waals surface area contributed by atoms with Crippen LogP contribution in [0.15, 0.2) is 52.0 Å².